The predicted octanol–water partition coefficient (Wildman–Crippen LogP) is 0.343. The summed E-state index contributed by atoms with van der Waals surface area (Å²) in [5.74, 6) is 0.287. The number of hydrogen-bond acceptors (Lipinski definition) is 5. The number of likely N-dealkylation sites (N-methyl/N-ethyl adjacent to an activating group) is 1. The number of rotatable bonds is 3. The van der Waals surface area contributed by atoms with Gasteiger partial charge in [0.15, 0.2) is 4.73 Å². The lowest BCUT2D eigenvalue weighted by Gasteiger charge is -2.31. The van der Waals surface area contributed by atoms with Crippen molar-refractivity contribution in [3.8, 4) is 0 Å². The van der Waals surface area contributed by atoms with E-state index in [2.05, 4.69) is 37.8 Å². The molecule has 1 aliphatic heterocycles. The summed E-state index contributed by atoms with van der Waals surface area (Å²) in [5, 5.41) is 4.09. The second kappa shape index (κ2) is 5.11. The van der Waals surface area contributed by atoms with E-state index in [1.54, 1.807) is 4.68 Å². The van der Waals surface area contributed by atoms with Crippen LogP contribution in [0.15, 0.2) is 4.73 Å². The fourth-order valence-electron chi connectivity index (χ4n) is 1.83. The highest BCUT2D eigenvalue weighted by Crippen LogP contribution is 2.12. The highest BCUT2D eigenvalue weighted by molar-refractivity contribution is 9.10. The van der Waals surface area contributed by atoms with Gasteiger partial charge in [-0.05, 0) is 22.5 Å². The molecule has 90 valence electrons. The van der Waals surface area contributed by atoms with Crippen molar-refractivity contribution in [1.29, 1.82) is 0 Å². The predicted molar refractivity (Wildman–Crippen MR) is 64.0 cm³/mol. The number of ether oxygens (including phenoxy) is 1. The minimum absolute atomic E-state index is 0.158. The number of anilines is 1. The molecular formula is C9H16BrN5O. The normalized spacial score (nSPS) is 22.5. The number of nitrogen functional groups attached to an aromatic ring is 1. The van der Waals surface area contributed by atoms with Crippen molar-refractivity contribution < 1.29 is 4.74 Å². The number of morpholine rings is 1. The van der Waals surface area contributed by atoms with Crippen molar-refractivity contribution in [2.75, 3.05) is 32.0 Å². The summed E-state index contributed by atoms with van der Waals surface area (Å²) in [4.78, 5) is 6.36. The third kappa shape index (κ3) is 2.72. The van der Waals surface area contributed by atoms with E-state index >= 15 is 0 Å². The van der Waals surface area contributed by atoms with Gasteiger partial charge in [0.25, 0.3) is 0 Å². The highest BCUT2D eigenvalue weighted by atomic mass is 79.9. The molecule has 0 aliphatic carbocycles. The Morgan fingerprint density at radius 3 is 3.06 bits per heavy atom. The molecule has 0 aromatic carbocycles. The van der Waals surface area contributed by atoms with Gasteiger partial charge in [0, 0.05) is 13.1 Å². The van der Waals surface area contributed by atoms with Gasteiger partial charge in [-0.25, -0.2) is 4.68 Å². The molecule has 7 heteroatoms. The van der Waals surface area contributed by atoms with Crippen molar-refractivity contribution in [3.05, 3.63) is 4.73 Å². The quantitative estimate of drug-likeness (QED) is 0.869. The lowest BCUT2D eigenvalue weighted by Crippen LogP contribution is -2.44. The number of halogens is 1. The van der Waals surface area contributed by atoms with E-state index in [4.69, 9.17) is 10.5 Å². The average Bonchev–Trinajstić information content (AvgIpc) is 2.58. The number of hydrogen-bond donors (Lipinski definition) is 1. The Morgan fingerprint density at radius 2 is 2.44 bits per heavy atom. The van der Waals surface area contributed by atoms with E-state index in [0.717, 1.165) is 26.2 Å². The van der Waals surface area contributed by atoms with Crippen LogP contribution in [0.4, 0.5) is 5.95 Å². The van der Waals surface area contributed by atoms with E-state index in [-0.39, 0.29) is 12.1 Å². The van der Waals surface area contributed by atoms with Crippen LogP contribution < -0.4 is 5.73 Å². The zero-order valence-corrected chi connectivity index (χ0v) is 10.9. The topological polar surface area (TPSA) is 69.2 Å². The van der Waals surface area contributed by atoms with Crippen LogP contribution in [0.25, 0.3) is 0 Å². The molecule has 2 heterocycles. The molecule has 1 aliphatic rings. The van der Waals surface area contributed by atoms with Crippen molar-refractivity contribution >= 4 is 21.9 Å². The third-order valence-corrected chi connectivity index (χ3v) is 3.28. The second-order valence-electron chi connectivity index (χ2n) is 3.81. The summed E-state index contributed by atoms with van der Waals surface area (Å²) in [6.45, 7) is 6.62. The van der Waals surface area contributed by atoms with Gasteiger partial charge in [0.2, 0.25) is 5.95 Å². The molecule has 2 rings (SSSR count). The minimum Gasteiger partial charge on any atom is -0.374 e. The Hall–Kier alpha value is -0.660. The zero-order chi connectivity index (χ0) is 11.5. The first-order chi connectivity index (χ1) is 7.69. The van der Waals surface area contributed by atoms with Crippen LogP contribution in [0.2, 0.25) is 0 Å². The summed E-state index contributed by atoms with van der Waals surface area (Å²) in [6.07, 6.45) is 0.158. The number of nitrogens with zero attached hydrogens (tertiary/aromatic N) is 4. The number of aromatic nitrogens is 3. The average molecular weight is 290 g/mol. The van der Waals surface area contributed by atoms with Gasteiger partial charge in [-0.1, -0.05) is 6.92 Å². The SMILES string of the molecule is CCN1CCOC(Cn2nc(N)nc2Br)C1. The minimum atomic E-state index is 0.158. The molecular weight excluding hydrogens is 274 g/mol. The summed E-state index contributed by atoms with van der Waals surface area (Å²) in [5.41, 5.74) is 5.51. The molecule has 0 saturated carbocycles. The Bertz CT molecular complexity index is 356. The molecule has 16 heavy (non-hydrogen) atoms. The summed E-state index contributed by atoms with van der Waals surface area (Å²) >= 11 is 3.32. The maximum absolute atomic E-state index is 5.69. The van der Waals surface area contributed by atoms with Gasteiger partial charge in [-0.3, -0.25) is 4.90 Å². The van der Waals surface area contributed by atoms with Gasteiger partial charge < -0.3 is 10.5 Å². The standard InChI is InChI=1S/C9H16BrN5O/c1-2-14-3-4-16-7(5-14)6-15-8(10)12-9(11)13-15/h7H,2-6H2,1H3,(H2,11,13). The van der Waals surface area contributed by atoms with Gasteiger partial charge in [-0.2, -0.15) is 4.98 Å². The molecule has 0 bridgehead atoms. The third-order valence-electron chi connectivity index (χ3n) is 2.69. The molecule has 1 aromatic rings. The Morgan fingerprint density at radius 1 is 1.62 bits per heavy atom. The molecule has 1 atom stereocenters. The van der Waals surface area contributed by atoms with Crippen molar-refractivity contribution in [3.63, 3.8) is 0 Å². The second-order valence-corrected chi connectivity index (χ2v) is 4.52. The molecule has 2 N–H and O–H groups in total. The van der Waals surface area contributed by atoms with Crippen molar-refractivity contribution in [2.45, 2.75) is 19.6 Å². The van der Waals surface area contributed by atoms with Crippen LogP contribution >= 0.6 is 15.9 Å². The molecule has 0 radical (unpaired) electrons. The Labute approximate surface area is 103 Å². The summed E-state index contributed by atoms with van der Waals surface area (Å²) in [6, 6.07) is 0. The van der Waals surface area contributed by atoms with E-state index in [1.807, 2.05) is 0 Å². The zero-order valence-electron chi connectivity index (χ0n) is 9.27. The monoisotopic (exact) mass is 289 g/mol. The maximum atomic E-state index is 5.69. The van der Waals surface area contributed by atoms with Crippen LogP contribution in [0.3, 0.4) is 0 Å². The van der Waals surface area contributed by atoms with E-state index in [0.29, 0.717) is 11.3 Å². The largest absolute Gasteiger partial charge is 0.374 e. The highest BCUT2D eigenvalue weighted by Gasteiger charge is 2.21. The summed E-state index contributed by atoms with van der Waals surface area (Å²) < 4.78 is 8.08. The van der Waals surface area contributed by atoms with Crippen LogP contribution in [0, 0.1) is 0 Å². The number of nitrogens with two attached hydrogens (primary N) is 1. The summed E-state index contributed by atoms with van der Waals surface area (Å²) in [7, 11) is 0. The van der Waals surface area contributed by atoms with Crippen molar-refractivity contribution in [1.82, 2.24) is 19.7 Å². The van der Waals surface area contributed by atoms with E-state index in [1.165, 1.54) is 0 Å². The molecule has 1 fully saturated rings. The van der Waals surface area contributed by atoms with Gasteiger partial charge in [0.1, 0.15) is 0 Å². The smallest absolute Gasteiger partial charge is 0.240 e. The van der Waals surface area contributed by atoms with Crippen LogP contribution in [-0.2, 0) is 11.3 Å². The van der Waals surface area contributed by atoms with E-state index < -0.39 is 0 Å². The molecule has 1 aromatic heterocycles. The van der Waals surface area contributed by atoms with E-state index in [9.17, 15) is 0 Å². The first kappa shape index (κ1) is 11.8. The molecule has 1 saturated heterocycles. The molecule has 0 amide bonds. The lowest BCUT2D eigenvalue weighted by molar-refractivity contribution is -0.0361. The Balaban J connectivity index is 1.96. The first-order valence-corrected chi connectivity index (χ1v) is 6.18. The molecule has 6 nitrogen and oxygen atoms in total. The molecule has 0 spiro atoms. The maximum Gasteiger partial charge on any atom is 0.240 e. The molecule has 1 unspecified atom stereocenters. The Kier molecular flexibility index (Phi) is 3.78. The van der Waals surface area contributed by atoms with Crippen LogP contribution in [0.1, 0.15) is 6.92 Å². The van der Waals surface area contributed by atoms with Crippen LogP contribution in [-0.4, -0.2) is 52.0 Å². The van der Waals surface area contributed by atoms with Crippen molar-refractivity contribution in [2.24, 2.45) is 0 Å². The van der Waals surface area contributed by atoms with Gasteiger partial charge in [0.05, 0.1) is 19.3 Å². The fourth-order valence-corrected chi connectivity index (χ4v) is 2.23. The fraction of sp³-hybridized carbons (Fsp3) is 0.778. The van der Waals surface area contributed by atoms with Gasteiger partial charge in [-0.15, -0.1) is 5.10 Å². The van der Waals surface area contributed by atoms with Gasteiger partial charge >= 0.3 is 0 Å². The van der Waals surface area contributed by atoms with Crippen LogP contribution in [0.5, 0.6) is 0 Å². The first-order valence-electron chi connectivity index (χ1n) is 5.38. The lowest BCUT2D eigenvalue weighted by atomic mass is 10.2.